The Morgan fingerprint density at radius 2 is 2.00 bits per heavy atom. The zero-order valence-electron chi connectivity index (χ0n) is 10.5. The minimum absolute atomic E-state index is 0.0457. The van der Waals surface area contributed by atoms with Crippen LogP contribution in [0.15, 0.2) is 23.2 Å². The van der Waals surface area contributed by atoms with Crippen LogP contribution >= 0.6 is 0 Å². The van der Waals surface area contributed by atoms with Gasteiger partial charge in [0.25, 0.3) is 0 Å². The van der Waals surface area contributed by atoms with Crippen LogP contribution in [0.3, 0.4) is 0 Å². The van der Waals surface area contributed by atoms with Crippen LogP contribution in [0.4, 0.5) is 5.82 Å². The van der Waals surface area contributed by atoms with Crippen molar-refractivity contribution >= 4 is 15.8 Å². The molecule has 6 heteroatoms. The van der Waals surface area contributed by atoms with Crippen molar-refractivity contribution in [3.63, 3.8) is 0 Å². The SMILES string of the molecule is CC1(NS(=O)(=O)c2cccnc2N)CCCCC1. The average molecular weight is 269 g/mol. The van der Waals surface area contributed by atoms with Crippen molar-refractivity contribution in [3.05, 3.63) is 18.3 Å². The number of nitrogens with one attached hydrogen (secondary N) is 1. The predicted molar refractivity (Wildman–Crippen MR) is 70.5 cm³/mol. The molecule has 0 unspecified atom stereocenters. The molecule has 0 radical (unpaired) electrons. The summed E-state index contributed by atoms with van der Waals surface area (Å²) >= 11 is 0. The number of hydrogen-bond donors (Lipinski definition) is 2. The van der Waals surface area contributed by atoms with Crippen molar-refractivity contribution in [2.24, 2.45) is 0 Å². The highest BCUT2D eigenvalue weighted by molar-refractivity contribution is 7.89. The minimum Gasteiger partial charge on any atom is -0.383 e. The van der Waals surface area contributed by atoms with Gasteiger partial charge in [-0.25, -0.2) is 18.1 Å². The van der Waals surface area contributed by atoms with Crippen molar-refractivity contribution in [2.45, 2.75) is 49.5 Å². The lowest BCUT2D eigenvalue weighted by Crippen LogP contribution is -2.47. The molecule has 1 fully saturated rings. The summed E-state index contributed by atoms with van der Waals surface area (Å²) in [5.74, 6) is 0.0457. The summed E-state index contributed by atoms with van der Waals surface area (Å²) in [4.78, 5) is 3.89. The molecule has 0 atom stereocenters. The van der Waals surface area contributed by atoms with Gasteiger partial charge >= 0.3 is 0 Å². The maximum absolute atomic E-state index is 12.3. The van der Waals surface area contributed by atoms with Gasteiger partial charge < -0.3 is 5.73 Å². The van der Waals surface area contributed by atoms with Crippen molar-refractivity contribution in [2.75, 3.05) is 5.73 Å². The number of hydrogen-bond acceptors (Lipinski definition) is 4. The first-order valence-corrected chi connectivity index (χ1v) is 7.66. The van der Waals surface area contributed by atoms with Crippen LogP contribution in [-0.4, -0.2) is 18.9 Å². The Labute approximate surface area is 108 Å². The Bertz CT molecular complexity index is 522. The van der Waals surface area contributed by atoms with E-state index in [4.69, 9.17) is 5.73 Å². The Kier molecular flexibility index (Phi) is 3.59. The molecule has 5 nitrogen and oxygen atoms in total. The number of sulfonamides is 1. The van der Waals surface area contributed by atoms with E-state index in [1.54, 1.807) is 6.07 Å². The minimum atomic E-state index is -3.59. The molecule has 100 valence electrons. The molecule has 1 aromatic rings. The fraction of sp³-hybridized carbons (Fsp3) is 0.583. The Morgan fingerprint density at radius 3 is 2.61 bits per heavy atom. The van der Waals surface area contributed by atoms with Crippen molar-refractivity contribution in [1.29, 1.82) is 0 Å². The standard InChI is InChI=1S/C12H19N3O2S/c1-12(7-3-2-4-8-12)15-18(16,17)10-6-5-9-14-11(10)13/h5-6,9,15H,2-4,7-8H2,1H3,(H2,13,14). The highest BCUT2D eigenvalue weighted by atomic mass is 32.2. The number of rotatable bonds is 3. The fourth-order valence-electron chi connectivity index (χ4n) is 2.44. The van der Waals surface area contributed by atoms with Gasteiger partial charge in [0, 0.05) is 11.7 Å². The molecule has 0 aromatic carbocycles. The molecule has 3 N–H and O–H groups in total. The van der Waals surface area contributed by atoms with E-state index in [1.807, 2.05) is 6.92 Å². The van der Waals surface area contributed by atoms with Crippen molar-refractivity contribution < 1.29 is 8.42 Å². The third-order valence-corrected chi connectivity index (χ3v) is 5.11. The molecule has 0 bridgehead atoms. The van der Waals surface area contributed by atoms with Crippen LogP contribution in [0.2, 0.25) is 0 Å². The Hall–Kier alpha value is -1.14. The Morgan fingerprint density at radius 1 is 1.33 bits per heavy atom. The molecule has 1 saturated carbocycles. The number of nitrogens with two attached hydrogens (primary N) is 1. The van der Waals surface area contributed by atoms with Crippen molar-refractivity contribution in [1.82, 2.24) is 9.71 Å². The number of nitrogen functional groups attached to an aromatic ring is 1. The van der Waals surface area contributed by atoms with Crippen LogP contribution in [-0.2, 0) is 10.0 Å². The van der Waals surface area contributed by atoms with Crippen LogP contribution in [0.5, 0.6) is 0 Å². The number of nitrogens with zero attached hydrogens (tertiary/aromatic N) is 1. The van der Waals surface area contributed by atoms with Crippen LogP contribution in [0.25, 0.3) is 0 Å². The van der Waals surface area contributed by atoms with E-state index in [0.29, 0.717) is 0 Å². The van der Waals surface area contributed by atoms with Gasteiger partial charge in [-0.15, -0.1) is 0 Å². The molecule has 0 aliphatic heterocycles. The van der Waals surface area contributed by atoms with Gasteiger partial charge in [0.1, 0.15) is 10.7 Å². The molecule has 2 rings (SSSR count). The van der Waals surface area contributed by atoms with E-state index in [-0.39, 0.29) is 16.3 Å². The fourth-order valence-corrected chi connectivity index (χ4v) is 3.99. The molecule has 0 spiro atoms. The largest absolute Gasteiger partial charge is 0.383 e. The van der Waals surface area contributed by atoms with E-state index in [9.17, 15) is 8.42 Å². The monoisotopic (exact) mass is 269 g/mol. The Balaban J connectivity index is 2.25. The second-order valence-corrected chi connectivity index (χ2v) is 6.76. The van der Waals surface area contributed by atoms with E-state index >= 15 is 0 Å². The lowest BCUT2D eigenvalue weighted by molar-refractivity contribution is 0.294. The lowest BCUT2D eigenvalue weighted by atomic mass is 9.84. The number of anilines is 1. The van der Waals surface area contributed by atoms with Gasteiger partial charge in [0.05, 0.1) is 0 Å². The first-order chi connectivity index (χ1) is 8.43. The van der Waals surface area contributed by atoms with Gasteiger partial charge in [0.15, 0.2) is 0 Å². The van der Waals surface area contributed by atoms with Gasteiger partial charge in [-0.3, -0.25) is 0 Å². The lowest BCUT2D eigenvalue weighted by Gasteiger charge is -2.34. The topological polar surface area (TPSA) is 85.1 Å². The van der Waals surface area contributed by atoms with E-state index in [1.165, 1.54) is 18.7 Å². The summed E-state index contributed by atoms with van der Waals surface area (Å²) in [6.45, 7) is 1.95. The quantitative estimate of drug-likeness (QED) is 0.874. The molecule has 1 heterocycles. The van der Waals surface area contributed by atoms with Crippen molar-refractivity contribution in [3.8, 4) is 0 Å². The molecular weight excluding hydrogens is 250 g/mol. The molecule has 0 amide bonds. The number of pyridine rings is 1. The smallest absolute Gasteiger partial charge is 0.244 e. The van der Waals surface area contributed by atoms with Gasteiger partial charge in [-0.1, -0.05) is 19.3 Å². The van der Waals surface area contributed by atoms with Gasteiger partial charge in [0.2, 0.25) is 10.0 Å². The summed E-state index contributed by atoms with van der Waals surface area (Å²) in [7, 11) is -3.59. The number of aromatic nitrogens is 1. The molecular formula is C12H19N3O2S. The van der Waals surface area contributed by atoms with Crippen LogP contribution < -0.4 is 10.5 Å². The van der Waals surface area contributed by atoms with Crippen LogP contribution in [0, 0.1) is 0 Å². The zero-order valence-corrected chi connectivity index (χ0v) is 11.3. The second kappa shape index (κ2) is 4.85. The normalized spacial score (nSPS) is 19.6. The first kappa shape index (κ1) is 13.3. The summed E-state index contributed by atoms with van der Waals surface area (Å²) in [5, 5.41) is 0. The zero-order chi connectivity index (χ0) is 13.2. The van der Waals surface area contributed by atoms with Gasteiger partial charge in [-0.2, -0.15) is 0 Å². The molecule has 0 saturated heterocycles. The average Bonchev–Trinajstić information content (AvgIpc) is 2.28. The van der Waals surface area contributed by atoms with E-state index in [2.05, 4.69) is 9.71 Å². The molecule has 18 heavy (non-hydrogen) atoms. The third kappa shape index (κ3) is 2.81. The van der Waals surface area contributed by atoms with E-state index in [0.717, 1.165) is 25.7 Å². The summed E-state index contributed by atoms with van der Waals surface area (Å²) in [5.41, 5.74) is 5.26. The van der Waals surface area contributed by atoms with Crippen LogP contribution in [0.1, 0.15) is 39.0 Å². The maximum atomic E-state index is 12.3. The highest BCUT2D eigenvalue weighted by Crippen LogP contribution is 2.29. The predicted octanol–water partition coefficient (Wildman–Crippen LogP) is 1.66. The highest BCUT2D eigenvalue weighted by Gasteiger charge is 2.32. The van der Waals surface area contributed by atoms with Gasteiger partial charge in [-0.05, 0) is 31.9 Å². The molecule has 1 aliphatic rings. The molecule has 1 aliphatic carbocycles. The second-order valence-electron chi connectivity index (χ2n) is 5.11. The third-order valence-electron chi connectivity index (χ3n) is 3.43. The summed E-state index contributed by atoms with van der Waals surface area (Å²) < 4.78 is 27.4. The summed E-state index contributed by atoms with van der Waals surface area (Å²) in [6, 6.07) is 3.06. The summed E-state index contributed by atoms with van der Waals surface area (Å²) in [6.07, 6.45) is 6.50. The van der Waals surface area contributed by atoms with E-state index < -0.39 is 10.0 Å². The first-order valence-electron chi connectivity index (χ1n) is 6.17. The molecule has 1 aromatic heterocycles. The maximum Gasteiger partial charge on any atom is 0.244 e.